The smallest absolute Gasteiger partial charge is 0.0349 e. The van der Waals surface area contributed by atoms with E-state index < -0.39 is 0 Å². The summed E-state index contributed by atoms with van der Waals surface area (Å²) in [4.78, 5) is 0. The van der Waals surface area contributed by atoms with E-state index in [0.717, 1.165) is 0 Å². The van der Waals surface area contributed by atoms with Crippen LogP contribution in [0.15, 0.2) is 29.6 Å². The highest BCUT2D eigenvalue weighted by Gasteiger charge is 2.13. The van der Waals surface area contributed by atoms with E-state index in [1.54, 1.807) is 0 Å². The number of hydrogen-bond acceptors (Lipinski definition) is 3. The highest BCUT2D eigenvalue weighted by atomic mass is 32.2. The largest absolute Gasteiger partial charge is 0.382 e. The third kappa shape index (κ3) is 2.20. The second kappa shape index (κ2) is 4.68. The van der Waals surface area contributed by atoms with Gasteiger partial charge in [-0.05, 0) is 59.4 Å². The molecule has 1 N–H and O–H groups in total. The number of fused-ring (bicyclic) bond motifs is 1. The topological polar surface area (TPSA) is 12.0 Å². The van der Waals surface area contributed by atoms with Crippen molar-refractivity contribution in [2.24, 2.45) is 0 Å². The van der Waals surface area contributed by atoms with Crippen molar-refractivity contribution in [2.75, 3.05) is 16.8 Å². The number of hydrogen-bond donors (Lipinski definition) is 1. The van der Waals surface area contributed by atoms with Crippen LogP contribution in [0.5, 0.6) is 0 Å². The van der Waals surface area contributed by atoms with E-state index in [0.29, 0.717) is 6.04 Å². The number of thiophene rings is 1. The van der Waals surface area contributed by atoms with Gasteiger partial charge in [-0.15, -0.1) is 11.3 Å². The maximum atomic E-state index is 3.65. The van der Waals surface area contributed by atoms with Gasteiger partial charge in [0.15, 0.2) is 0 Å². The Morgan fingerprint density at radius 3 is 2.88 bits per heavy atom. The van der Waals surface area contributed by atoms with E-state index >= 15 is 0 Å². The molecule has 1 aliphatic rings. The maximum Gasteiger partial charge on any atom is 0.0349 e. The molecule has 1 aromatic heterocycles. The summed E-state index contributed by atoms with van der Waals surface area (Å²) in [6, 6.07) is 9.58. The zero-order chi connectivity index (χ0) is 10.8. The van der Waals surface area contributed by atoms with Crippen LogP contribution in [0.4, 0.5) is 5.69 Å². The quantitative estimate of drug-likeness (QED) is 0.855. The molecule has 0 radical (unpaired) electrons. The summed E-state index contributed by atoms with van der Waals surface area (Å²) in [6.07, 6.45) is 2.60. The Labute approximate surface area is 104 Å². The predicted molar refractivity (Wildman–Crippen MR) is 75.8 cm³/mol. The van der Waals surface area contributed by atoms with E-state index in [1.807, 2.05) is 11.3 Å². The van der Waals surface area contributed by atoms with Gasteiger partial charge >= 0.3 is 0 Å². The molecule has 2 aromatic rings. The number of thioether (sulfide) groups is 1. The summed E-state index contributed by atoms with van der Waals surface area (Å²) in [5.41, 5.74) is 1.28. The van der Waals surface area contributed by atoms with Crippen molar-refractivity contribution < 1.29 is 0 Å². The summed E-state index contributed by atoms with van der Waals surface area (Å²) < 4.78 is 1.38. The first-order chi connectivity index (χ1) is 7.92. The van der Waals surface area contributed by atoms with E-state index in [9.17, 15) is 0 Å². The lowest BCUT2D eigenvalue weighted by atomic mass is 10.1. The van der Waals surface area contributed by atoms with Crippen molar-refractivity contribution in [2.45, 2.75) is 18.9 Å². The average Bonchev–Trinajstić information content (AvgIpc) is 2.77. The molecule has 0 unspecified atom stereocenters. The maximum absolute atomic E-state index is 3.65. The fourth-order valence-electron chi connectivity index (χ4n) is 2.13. The molecule has 1 aromatic carbocycles. The first-order valence-electron chi connectivity index (χ1n) is 5.73. The normalized spacial score (nSPS) is 17.8. The van der Waals surface area contributed by atoms with Crippen LogP contribution in [0.3, 0.4) is 0 Å². The molecule has 84 valence electrons. The van der Waals surface area contributed by atoms with Crippen molar-refractivity contribution in [3.8, 4) is 0 Å². The molecule has 3 heteroatoms. The fourth-order valence-corrected chi connectivity index (χ4v) is 4.01. The van der Waals surface area contributed by atoms with Crippen molar-refractivity contribution in [1.82, 2.24) is 0 Å². The summed E-state index contributed by atoms with van der Waals surface area (Å²) in [7, 11) is 0. The number of benzene rings is 1. The molecule has 1 aliphatic heterocycles. The van der Waals surface area contributed by atoms with E-state index in [4.69, 9.17) is 0 Å². The van der Waals surface area contributed by atoms with Gasteiger partial charge in [0.2, 0.25) is 0 Å². The summed E-state index contributed by atoms with van der Waals surface area (Å²) >= 11 is 3.89. The zero-order valence-electron chi connectivity index (χ0n) is 9.11. The molecular weight excluding hydrogens is 234 g/mol. The second-order valence-corrected chi connectivity index (χ2v) is 6.38. The van der Waals surface area contributed by atoms with Gasteiger partial charge in [-0.25, -0.2) is 0 Å². The third-order valence-electron chi connectivity index (χ3n) is 3.04. The van der Waals surface area contributed by atoms with Gasteiger partial charge in [-0.3, -0.25) is 0 Å². The highest BCUT2D eigenvalue weighted by molar-refractivity contribution is 7.99. The van der Waals surface area contributed by atoms with Gasteiger partial charge in [-0.2, -0.15) is 11.8 Å². The Morgan fingerprint density at radius 1 is 1.12 bits per heavy atom. The van der Waals surface area contributed by atoms with Crippen LogP contribution < -0.4 is 5.32 Å². The summed E-state index contributed by atoms with van der Waals surface area (Å²) in [5.74, 6) is 2.61. The van der Waals surface area contributed by atoms with Crippen molar-refractivity contribution >= 4 is 38.9 Å². The minimum Gasteiger partial charge on any atom is -0.382 e. The second-order valence-electron chi connectivity index (χ2n) is 4.20. The van der Waals surface area contributed by atoms with Crippen molar-refractivity contribution in [1.29, 1.82) is 0 Å². The number of anilines is 1. The van der Waals surface area contributed by atoms with Crippen LogP contribution in [0.2, 0.25) is 0 Å². The standard InChI is InChI=1S/C13H15NS2/c1-2-13-10(3-8-16-13)9-12(1)14-11-4-6-15-7-5-11/h1-3,8-9,11,14H,4-7H2. The molecule has 1 fully saturated rings. The van der Waals surface area contributed by atoms with Crippen LogP contribution in [-0.2, 0) is 0 Å². The number of rotatable bonds is 2. The lowest BCUT2D eigenvalue weighted by Gasteiger charge is -2.23. The predicted octanol–water partition coefficient (Wildman–Crippen LogP) is 4.21. The molecule has 0 bridgehead atoms. The molecule has 1 nitrogen and oxygen atoms in total. The van der Waals surface area contributed by atoms with Gasteiger partial charge in [0.25, 0.3) is 0 Å². The van der Waals surface area contributed by atoms with E-state index in [-0.39, 0.29) is 0 Å². The molecule has 16 heavy (non-hydrogen) atoms. The van der Waals surface area contributed by atoms with Crippen molar-refractivity contribution in [3.63, 3.8) is 0 Å². The lowest BCUT2D eigenvalue weighted by molar-refractivity contribution is 0.667. The van der Waals surface area contributed by atoms with Crippen LogP contribution in [0, 0.1) is 0 Å². The van der Waals surface area contributed by atoms with Crippen LogP contribution in [0.25, 0.3) is 10.1 Å². The molecule has 0 aliphatic carbocycles. The highest BCUT2D eigenvalue weighted by Crippen LogP contribution is 2.26. The van der Waals surface area contributed by atoms with Crippen LogP contribution in [-0.4, -0.2) is 17.5 Å². The molecular formula is C13H15NS2. The Kier molecular flexibility index (Phi) is 3.06. The molecule has 0 atom stereocenters. The average molecular weight is 249 g/mol. The molecule has 1 saturated heterocycles. The SMILES string of the molecule is c1cc2cc(NC3CCSCC3)ccc2s1. The first-order valence-corrected chi connectivity index (χ1v) is 7.77. The molecule has 0 saturated carbocycles. The number of nitrogens with one attached hydrogen (secondary N) is 1. The molecule has 2 heterocycles. The third-order valence-corrected chi connectivity index (χ3v) is 4.99. The zero-order valence-corrected chi connectivity index (χ0v) is 10.7. The van der Waals surface area contributed by atoms with Gasteiger partial charge in [0, 0.05) is 16.4 Å². The van der Waals surface area contributed by atoms with Gasteiger partial charge in [0.05, 0.1) is 0 Å². The minimum absolute atomic E-state index is 0.678. The lowest BCUT2D eigenvalue weighted by Crippen LogP contribution is -2.24. The van der Waals surface area contributed by atoms with Crippen molar-refractivity contribution in [3.05, 3.63) is 29.6 Å². The van der Waals surface area contributed by atoms with E-state index in [1.165, 1.54) is 40.1 Å². The minimum atomic E-state index is 0.678. The van der Waals surface area contributed by atoms with Gasteiger partial charge in [-0.1, -0.05) is 0 Å². The Morgan fingerprint density at radius 2 is 2.00 bits per heavy atom. The Balaban J connectivity index is 1.77. The van der Waals surface area contributed by atoms with E-state index in [2.05, 4.69) is 46.7 Å². The van der Waals surface area contributed by atoms with Crippen LogP contribution in [0.1, 0.15) is 12.8 Å². The summed E-state index contributed by atoms with van der Waals surface area (Å²) in [5, 5.41) is 7.17. The van der Waals surface area contributed by atoms with Gasteiger partial charge in [0.1, 0.15) is 0 Å². The monoisotopic (exact) mass is 249 g/mol. The first kappa shape index (κ1) is 10.5. The van der Waals surface area contributed by atoms with Gasteiger partial charge < -0.3 is 5.32 Å². The molecule has 3 rings (SSSR count). The van der Waals surface area contributed by atoms with Crippen LogP contribution >= 0.6 is 23.1 Å². The Hall–Kier alpha value is -0.670. The fraction of sp³-hybridized carbons (Fsp3) is 0.385. The molecule has 0 spiro atoms. The Bertz CT molecular complexity index is 471. The summed E-state index contributed by atoms with van der Waals surface area (Å²) in [6.45, 7) is 0. The molecule has 0 amide bonds.